The number of hydrogen-bond donors (Lipinski definition) is 0. The number of hydrogen-bond acceptors (Lipinski definition) is 2. The largest absolute Gasteiger partial charge is 0.257 e. The second-order valence-electron chi connectivity index (χ2n) is 2.04. The maximum Gasteiger partial charge on any atom is 0.0713 e. The molecular formula is C9H14INS. The van der Waals surface area contributed by atoms with Crippen LogP contribution in [0, 0.1) is 0 Å². The third-order valence-electron chi connectivity index (χ3n) is 1.14. The number of halogens is 1. The van der Waals surface area contributed by atoms with Gasteiger partial charge in [0.25, 0.3) is 0 Å². The number of rotatable bonds is 5. The van der Waals surface area contributed by atoms with E-state index in [1.807, 2.05) is 26.0 Å². The molecule has 0 spiro atoms. The summed E-state index contributed by atoms with van der Waals surface area (Å²) in [6.45, 7) is 7.73. The summed E-state index contributed by atoms with van der Waals surface area (Å²) in [4.78, 5) is 0. The van der Waals surface area contributed by atoms with Crippen molar-refractivity contribution in [1.29, 1.82) is 0 Å². The van der Waals surface area contributed by atoms with E-state index in [1.54, 1.807) is 11.9 Å². The van der Waals surface area contributed by atoms with Crippen LogP contribution in [0.15, 0.2) is 36.6 Å². The monoisotopic (exact) mass is 295 g/mol. The van der Waals surface area contributed by atoms with E-state index in [2.05, 4.69) is 44.1 Å². The van der Waals surface area contributed by atoms with Gasteiger partial charge in [0.15, 0.2) is 0 Å². The molecule has 0 aliphatic rings. The molecule has 0 rings (SSSR count). The minimum atomic E-state index is 0.942. The van der Waals surface area contributed by atoms with Crippen LogP contribution in [0.3, 0.4) is 0 Å². The Kier molecular flexibility index (Phi) is 7.80. The van der Waals surface area contributed by atoms with Gasteiger partial charge in [-0.2, -0.15) is 0 Å². The smallest absolute Gasteiger partial charge is 0.0713 e. The lowest BCUT2D eigenvalue weighted by Gasteiger charge is -2.14. The van der Waals surface area contributed by atoms with Crippen molar-refractivity contribution in [3.63, 3.8) is 0 Å². The van der Waals surface area contributed by atoms with E-state index in [0.29, 0.717) is 0 Å². The molecule has 0 radical (unpaired) electrons. The molecule has 0 saturated carbocycles. The fraction of sp³-hybridized carbons (Fsp3) is 0.333. The van der Waals surface area contributed by atoms with Gasteiger partial charge in [-0.1, -0.05) is 18.2 Å². The molecule has 0 aliphatic carbocycles. The summed E-state index contributed by atoms with van der Waals surface area (Å²) in [6.07, 6.45) is 8.11. The van der Waals surface area contributed by atoms with Crippen molar-refractivity contribution in [2.75, 3.05) is 5.75 Å². The second kappa shape index (κ2) is 7.73. The molecule has 12 heavy (non-hydrogen) atoms. The summed E-state index contributed by atoms with van der Waals surface area (Å²) in [5.74, 6) is 0.942. The Hall–Kier alpha value is 0.1000. The molecule has 0 aromatic rings. The van der Waals surface area contributed by atoms with Crippen LogP contribution in [-0.4, -0.2) is 8.27 Å². The summed E-state index contributed by atoms with van der Waals surface area (Å²) in [6, 6.07) is 0. The average Bonchev–Trinajstić information content (AvgIpc) is 2.10. The van der Waals surface area contributed by atoms with E-state index in [9.17, 15) is 0 Å². The highest BCUT2D eigenvalue weighted by Gasteiger charge is 2.00. The van der Waals surface area contributed by atoms with Gasteiger partial charge < -0.3 is 0 Å². The van der Waals surface area contributed by atoms with Crippen LogP contribution in [-0.2, 0) is 0 Å². The third-order valence-corrected chi connectivity index (χ3v) is 3.36. The second-order valence-corrected chi connectivity index (χ2v) is 4.62. The first kappa shape index (κ1) is 12.1. The van der Waals surface area contributed by atoms with Gasteiger partial charge in [0, 0.05) is 5.75 Å². The molecule has 1 nitrogen and oxygen atoms in total. The molecule has 0 atom stereocenters. The summed E-state index contributed by atoms with van der Waals surface area (Å²) < 4.78 is 2.11. The van der Waals surface area contributed by atoms with E-state index in [-0.39, 0.29) is 0 Å². The summed E-state index contributed by atoms with van der Waals surface area (Å²) in [7, 11) is 0. The van der Waals surface area contributed by atoms with E-state index in [1.165, 1.54) is 5.70 Å². The molecule has 0 unspecified atom stereocenters. The zero-order chi connectivity index (χ0) is 9.40. The highest BCUT2D eigenvalue weighted by atomic mass is 127. The summed E-state index contributed by atoms with van der Waals surface area (Å²) >= 11 is 4.01. The molecule has 0 N–H and O–H groups in total. The molecule has 0 fully saturated rings. The Morgan fingerprint density at radius 1 is 1.58 bits per heavy atom. The van der Waals surface area contributed by atoms with Gasteiger partial charge in [-0.05, 0) is 31.9 Å². The Bertz CT molecular complexity index is 187. The van der Waals surface area contributed by atoms with Crippen LogP contribution >= 0.6 is 34.8 Å². The maximum absolute atomic E-state index is 3.68. The Labute approximate surface area is 93.2 Å². The molecule has 0 aliphatic heterocycles. The van der Waals surface area contributed by atoms with Gasteiger partial charge in [-0.3, -0.25) is 2.52 Å². The molecule has 0 bridgehead atoms. The summed E-state index contributed by atoms with van der Waals surface area (Å²) in [5, 5.41) is 0. The molecule has 0 saturated heterocycles. The van der Waals surface area contributed by atoms with Crippen molar-refractivity contribution in [3.8, 4) is 0 Å². The molecule has 0 aromatic heterocycles. The van der Waals surface area contributed by atoms with Gasteiger partial charge in [0.1, 0.15) is 0 Å². The molecule has 3 heteroatoms. The Morgan fingerprint density at radius 2 is 2.25 bits per heavy atom. The van der Waals surface area contributed by atoms with Gasteiger partial charge >= 0.3 is 0 Å². The van der Waals surface area contributed by atoms with Crippen molar-refractivity contribution in [3.05, 3.63) is 36.6 Å². The first-order valence-corrected chi connectivity index (χ1v) is 5.65. The van der Waals surface area contributed by atoms with Crippen molar-refractivity contribution in [2.24, 2.45) is 0 Å². The molecule has 68 valence electrons. The lowest BCUT2D eigenvalue weighted by atomic mass is 10.4. The normalized spacial score (nSPS) is 12.1. The number of allylic oxidation sites excluding steroid dienone is 3. The van der Waals surface area contributed by atoms with Crippen LogP contribution in [0.4, 0.5) is 0 Å². The highest BCUT2D eigenvalue weighted by molar-refractivity contribution is 14.1. The predicted octanol–water partition coefficient (Wildman–Crippen LogP) is 3.95. The van der Waals surface area contributed by atoms with E-state index < -0.39 is 0 Å². The summed E-state index contributed by atoms with van der Waals surface area (Å²) in [5.41, 5.74) is 1.21. The lowest BCUT2D eigenvalue weighted by Crippen LogP contribution is -1.98. The minimum Gasteiger partial charge on any atom is -0.257 e. The van der Waals surface area contributed by atoms with Crippen molar-refractivity contribution in [1.82, 2.24) is 2.52 Å². The highest BCUT2D eigenvalue weighted by Crippen LogP contribution is 2.23. The van der Waals surface area contributed by atoms with Gasteiger partial charge in [0.2, 0.25) is 0 Å². The zero-order valence-electron chi connectivity index (χ0n) is 7.46. The van der Waals surface area contributed by atoms with Crippen LogP contribution < -0.4 is 0 Å². The SMILES string of the molecule is C=CCSN(I)C(/C=C\C)=C/C. The van der Waals surface area contributed by atoms with Crippen LogP contribution in [0.1, 0.15) is 13.8 Å². The fourth-order valence-corrected chi connectivity index (χ4v) is 2.09. The zero-order valence-corrected chi connectivity index (χ0v) is 10.4. The van der Waals surface area contributed by atoms with Crippen LogP contribution in [0.5, 0.6) is 0 Å². The van der Waals surface area contributed by atoms with Gasteiger partial charge in [0.05, 0.1) is 28.6 Å². The lowest BCUT2D eigenvalue weighted by molar-refractivity contribution is 1.02. The first-order chi connectivity index (χ1) is 5.76. The molecule has 0 heterocycles. The van der Waals surface area contributed by atoms with Crippen LogP contribution in [0.2, 0.25) is 0 Å². The Balaban J connectivity index is 4.03. The molecule has 0 amide bonds. The van der Waals surface area contributed by atoms with E-state index >= 15 is 0 Å². The molecule has 0 aromatic carbocycles. The predicted molar refractivity (Wildman–Crippen MR) is 67.1 cm³/mol. The fourth-order valence-electron chi connectivity index (χ4n) is 0.620. The van der Waals surface area contributed by atoms with Crippen molar-refractivity contribution >= 4 is 34.8 Å². The van der Waals surface area contributed by atoms with Gasteiger partial charge in [-0.15, -0.1) is 6.58 Å². The molecular weight excluding hydrogens is 281 g/mol. The first-order valence-electron chi connectivity index (χ1n) is 3.75. The minimum absolute atomic E-state index is 0.942. The third kappa shape index (κ3) is 4.87. The quantitative estimate of drug-likeness (QED) is 0.248. The topological polar surface area (TPSA) is 3.24 Å². The standard InChI is InChI=1S/C9H14INS/c1-4-7-9(6-3)11(10)12-8-5-2/h4-7H,2,8H2,1,3H3/b7-4-,9-6+. The van der Waals surface area contributed by atoms with E-state index in [4.69, 9.17) is 0 Å². The average molecular weight is 295 g/mol. The van der Waals surface area contributed by atoms with Crippen molar-refractivity contribution < 1.29 is 0 Å². The van der Waals surface area contributed by atoms with Gasteiger partial charge in [-0.25, -0.2) is 0 Å². The number of nitrogens with zero attached hydrogens (tertiary/aromatic N) is 1. The van der Waals surface area contributed by atoms with E-state index in [0.717, 1.165) is 5.75 Å². The van der Waals surface area contributed by atoms with Crippen molar-refractivity contribution in [2.45, 2.75) is 13.8 Å². The maximum atomic E-state index is 3.68. The Morgan fingerprint density at radius 3 is 2.67 bits per heavy atom. The van der Waals surface area contributed by atoms with Crippen LogP contribution in [0.25, 0.3) is 0 Å².